The zero-order valence-electron chi connectivity index (χ0n) is 18.2. The molecule has 3 aliphatic rings. The van der Waals surface area contributed by atoms with Gasteiger partial charge in [-0.3, -0.25) is 9.59 Å². The third-order valence-corrected chi connectivity index (χ3v) is 7.34. The van der Waals surface area contributed by atoms with E-state index < -0.39 is 11.5 Å². The lowest BCUT2D eigenvalue weighted by Gasteiger charge is -2.50. The Labute approximate surface area is 187 Å². The van der Waals surface area contributed by atoms with Crippen molar-refractivity contribution in [3.05, 3.63) is 71.0 Å². The lowest BCUT2D eigenvalue weighted by atomic mass is 9.71. The number of benzene rings is 2. The second-order valence-electron chi connectivity index (χ2n) is 9.23. The van der Waals surface area contributed by atoms with E-state index in [-0.39, 0.29) is 23.7 Å². The molecule has 2 fully saturated rings. The van der Waals surface area contributed by atoms with Gasteiger partial charge in [0.25, 0.3) is 5.91 Å². The SMILES string of the molecule is O=C(NCc1ccc(F)cc1)[C@H]1c2ccccc2C(=O)N(C[C@@H]2CCCO2)C12CCCC2. The van der Waals surface area contributed by atoms with Gasteiger partial charge in [-0.25, -0.2) is 4.39 Å². The molecule has 2 heterocycles. The van der Waals surface area contributed by atoms with Crippen LogP contribution in [0.15, 0.2) is 48.5 Å². The zero-order chi connectivity index (χ0) is 22.1. The average molecular weight is 437 g/mol. The number of halogens is 1. The molecule has 1 aliphatic carbocycles. The Morgan fingerprint density at radius 1 is 1.09 bits per heavy atom. The van der Waals surface area contributed by atoms with E-state index in [1.165, 1.54) is 12.1 Å². The van der Waals surface area contributed by atoms with E-state index in [9.17, 15) is 14.0 Å². The van der Waals surface area contributed by atoms with E-state index >= 15 is 0 Å². The van der Waals surface area contributed by atoms with Crippen molar-refractivity contribution in [1.82, 2.24) is 10.2 Å². The van der Waals surface area contributed by atoms with Crippen molar-refractivity contribution in [2.75, 3.05) is 13.2 Å². The molecule has 0 radical (unpaired) electrons. The van der Waals surface area contributed by atoms with Gasteiger partial charge in [0.1, 0.15) is 5.82 Å². The summed E-state index contributed by atoms with van der Waals surface area (Å²) in [6.45, 7) is 1.60. The van der Waals surface area contributed by atoms with Crippen molar-refractivity contribution in [2.24, 2.45) is 0 Å². The molecule has 32 heavy (non-hydrogen) atoms. The number of carbonyl (C=O) groups excluding carboxylic acids is 2. The predicted octanol–water partition coefficient (Wildman–Crippen LogP) is 4.17. The highest BCUT2D eigenvalue weighted by Gasteiger charge is 2.55. The molecule has 0 unspecified atom stereocenters. The van der Waals surface area contributed by atoms with Gasteiger partial charge in [0, 0.05) is 25.3 Å². The molecule has 2 aromatic carbocycles. The van der Waals surface area contributed by atoms with Crippen LogP contribution in [0.1, 0.15) is 65.9 Å². The molecule has 2 amide bonds. The summed E-state index contributed by atoms with van der Waals surface area (Å²) < 4.78 is 19.1. The van der Waals surface area contributed by atoms with E-state index in [1.807, 2.05) is 29.2 Å². The summed E-state index contributed by atoms with van der Waals surface area (Å²) in [5.41, 5.74) is 1.76. The van der Waals surface area contributed by atoms with Crippen LogP contribution in [0.4, 0.5) is 4.39 Å². The number of amides is 2. The van der Waals surface area contributed by atoms with Gasteiger partial charge < -0.3 is 15.0 Å². The van der Waals surface area contributed by atoms with Crippen LogP contribution in [0.25, 0.3) is 0 Å². The van der Waals surface area contributed by atoms with Crippen molar-refractivity contribution in [2.45, 2.75) is 62.6 Å². The minimum Gasteiger partial charge on any atom is -0.376 e. The van der Waals surface area contributed by atoms with Gasteiger partial charge in [0.05, 0.1) is 17.6 Å². The van der Waals surface area contributed by atoms with Crippen LogP contribution in [-0.4, -0.2) is 41.5 Å². The van der Waals surface area contributed by atoms with Gasteiger partial charge in [0.2, 0.25) is 5.91 Å². The number of nitrogens with one attached hydrogen (secondary N) is 1. The Balaban J connectivity index is 1.49. The first-order valence-corrected chi connectivity index (χ1v) is 11.6. The van der Waals surface area contributed by atoms with E-state index in [2.05, 4.69) is 5.32 Å². The number of hydrogen-bond donors (Lipinski definition) is 1. The number of fused-ring (bicyclic) bond motifs is 1. The summed E-state index contributed by atoms with van der Waals surface area (Å²) in [6.07, 6.45) is 5.62. The molecule has 6 heteroatoms. The van der Waals surface area contributed by atoms with Gasteiger partial charge in [-0.2, -0.15) is 0 Å². The van der Waals surface area contributed by atoms with Crippen LogP contribution in [0.2, 0.25) is 0 Å². The Morgan fingerprint density at radius 3 is 2.56 bits per heavy atom. The molecule has 1 saturated heterocycles. The summed E-state index contributed by atoms with van der Waals surface area (Å²) in [5, 5.41) is 3.08. The van der Waals surface area contributed by atoms with Crippen molar-refractivity contribution in [1.29, 1.82) is 0 Å². The summed E-state index contributed by atoms with van der Waals surface area (Å²) in [5.74, 6) is -0.788. The third-order valence-electron chi connectivity index (χ3n) is 7.34. The number of hydrogen-bond acceptors (Lipinski definition) is 3. The van der Waals surface area contributed by atoms with E-state index in [0.29, 0.717) is 18.7 Å². The van der Waals surface area contributed by atoms with Gasteiger partial charge in [-0.05, 0) is 55.0 Å². The van der Waals surface area contributed by atoms with E-state index in [1.54, 1.807) is 12.1 Å². The van der Waals surface area contributed by atoms with Gasteiger partial charge in [0.15, 0.2) is 0 Å². The van der Waals surface area contributed by atoms with E-state index in [0.717, 1.165) is 56.3 Å². The normalized spacial score (nSPS) is 24.0. The maximum atomic E-state index is 13.7. The molecule has 0 bridgehead atoms. The topological polar surface area (TPSA) is 58.6 Å². The predicted molar refractivity (Wildman–Crippen MR) is 119 cm³/mol. The minimum atomic E-state index is -0.524. The largest absolute Gasteiger partial charge is 0.376 e. The lowest BCUT2D eigenvalue weighted by molar-refractivity contribution is -0.127. The fourth-order valence-corrected chi connectivity index (χ4v) is 5.82. The Kier molecular flexibility index (Phi) is 5.72. The fraction of sp³-hybridized carbons (Fsp3) is 0.462. The molecule has 1 saturated carbocycles. The average Bonchev–Trinajstić information content (AvgIpc) is 3.49. The highest BCUT2D eigenvalue weighted by molar-refractivity contribution is 6.02. The summed E-state index contributed by atoms with van der Waals surface area (Å²) in [6, 6.07) is 13.7. The fourth-order valence-electron chi connectivity index (χ4n) is 5.82. The Morgan fingerprint density at radius 2 is 1.84 bits per heavy atom. The first kappa shape index (κ1) is 21.1. The van der Waals surface area contributed by atoms with Crippen LogP contribution >= 0.6 is 0 Å². The summed E-state index contributed by atoms with van der Waals surface area (Å²) >= 11 is 0. The standard InChI is InChI=1S/C26H29FN2O3/c27-19-11-9-18(10-12-19)16-28-24(30)23-21-7-1-2-8-22(21)25(31)29(17-20-6-5-15-32-20)26(23)13-3-4-14-26/h1-2,7-12,20,23H,3-6,13-17H2,(H,28,30)/t20-,23+/m0/s1. The molecular weight excluding hydrogens is 407 g/mol. The number of carbonyl (C=O) groups is 2. The Hall–Kier alpha value is -2.73. The van der Waals surface area contributed by atoms with Crippen LogP contribution < -0.4 is 5.32 Å². The molecule has 2 atom stereocenters. The van der Waals surface area contributed by atoms with E-state index in [4.69, 9.17) is 4.74 Å². The van der Waals surface area contributed by atoms with Gasteiger partial charge >= 0.3 is 0 Å². The highest BCUT2D eigenvalue weighted by Crippen LogP contribution is 2.50. The van der Waals surface area contributed by atoms with Crippen LogP contribution in [0.3, 0.4) is 0 Å². The van der Waals surface area contributed by atoms with Crippen LogP contribution in [0, 0.1) is 5.82 Å². The first-order valence-electron chi connectivity index (χ1n) is 11.6. The summed E-state index contributed by atoms with van der Waals surface area (Å²) in [4.78, 5) is 29.3. The maximum absolute atomic E-state index is 13.7. The van der Waals surface area contributed by atoms with Crippen molar-refractivity contribution < 1.29 is 18.7 Å². The quantitative estimate of drug-likeness (QED) is 0.765. The maximum Gasteiger partial charge on any atom is 0.254 e. The monoisotopic (exact) mass is 436 g/mol. The molecule has 168 valence electrons. The van der Waals surface area contributed by atoms with Gasteiger partial charge in [-0.15, -0.1) is 0 Å². The van der Waals surface area contributed by atoms with Crippen molar-refractivity contribution >= 4 is 11.8 Å². The third kappa shape index (κ3) is 3.71. The number of nitrogens with zero attached hydrogens (tertiary/aromatic N) is 1. The second-order valence-corrected chi connectivity index (χ2v) is 9.23. The summed E-state index contributed by atoms with van der Waals surface area (Å²) in [7, 11) is 0. The lowest BCUT2D eigenvalue weighted by Crippen LogP contribution is -2.62. The van der Waals surface area contributed by atoms with Crippen molar-refractivity contribution in [3.8, 4) is 0 Å². The molecule has 2 aromatic rings. The molecule has 5 nitrogen and oxygen atoms in total. The molecule has 0 aromatic heterocycles. The Bertz CT molecular complexity index is 994. The molecule has 5 rings (SSSR count). The number of ether oxygens (including phenoxy) is 1. The van der Waals surface area contributed by atoms with Crippen LogP contribution in [-0.2, 0) is 16.1 Å². The van der Waals surface area contributed by atoms with Crippen molar-refractivity contribution in [3.63, 3.8) is 0 Å². The number of rotatable bonds is 5. The molecule has 1 N–H and O–H groups in total. The molecule has 1 spiro atoms. The highest BCUT2D eigenvalue weighted by atomic mass is 19.1. The van der Waals surface area contributed by atoms with Gasteiger partial charge in [-0.1, -0.05) is 43.2 Å². The second kappa shape index (κ2) is 8.66. The zero-order valence-corrected chi connectivity index (χ0v) is 18.2. The van der Waals surface area contributed by atoms with Crippen LogP contribution in [0.5, 0.6) is 0 Å². The first-order chi connectivity index (χ1) is 15.6. The minimum absolute atomic E-state index is 0.0144. The molecule has 2 aliphatic heterocycles. The smallest absolute Gasteiger partial charge is 0.254 e. The molecular formula is C26H29FN2O3.